The summed E-state index contributed by atoms with van der Waals surface area (Å²) in [5.74, 6) is -1.33. The third kappa shape index (κ3) is 5.75. The fraction of sp³-hybridized carbons (Fsp3) is 0.0455. The number of nitriles is 2. The largest absolute Gasteiger partial charge is 0.573 e. The lowest BCUT2D eigenvalue weighted by molar-refractivity contribution is -0.274. The molecule has 0 unspecified atom stereocenters. The predicted octanol–water partition coefficient (Wildman–Crippen LogP) is 5.34. The maximum atomic E-state index is 12.5. The summed E-state index contributed by atoms with van der Waals surface area (Å²) in [5, 5.41) is 18.1. The van der Waals surface area contributed by atoms with Crippen LogP contribution in [0.5, 0.6) is 23.0 Å². The van der Waals surface area contributed by atoms with Gasteiger partial charge in [-0.15, -0.1) is 13.2 Å². The number of halogens is 3. The zero-order chi connectivity index (χ0) is 22.4. The summed E-state index contributed by atoms with van der Waals surface area (Å²) in [7, 11) is 0. The van der Waals surface area contributed by atoms with Gasteiger partial charge in [0, 0.05) is 6.07 Å². The highest BCUT2D eigenvalue weighted by Crippen LogP contribution is 2.29. The van der Waals surface area contributed by atoms with E-state index >= 15 is 0 Å². The van der Waals surface area contributed by atoms with Crippen molar-refractivity contribution in [3.8, 4) is 35.1 Å². The van der Waals surface area contributed by atoms with Crippen LogP contribution in [0.2, 0.25) is 0 Å². The van der Waals surface area contributed by atoms with Crippen molar-refractivity contribution in [3.05, 3.63) is 83.4 Å². The van der Waals surface area contributed by atoms with Gasteiger partial charge in [-0.1, -0.05) is 18.2 Å². The first kappa shape index (κ1) is 21.2. The minimum absolute atomic E-state index is 0.00116. The number of hydrogen-bond acceptors (Lipinski definition) is 6. The number of hydrogen-bond donors (Lipinski definition) is 0. The molecule has 9 heteroatoms. The molecule has 0 fully saturated rings. The highest BCUT2D eigenvalue weighted by molar-refractivity contribution is 5.94. The number of carbonyl (C=O) groups is 1. The molecule has 3 rings (SSSR count). The second-order valence-electron chi connectivity index (χ2n) is 5.98. The van der Waals surface area contributed by atoms with Crippen LogP contribution in [-0.4, -0.2) is 12.3 Å². The van der Waals surface area contributed by atoms with E-state index in [0.29, 0.717) is 0 Å². The van der Waals surface area contributed by atoms with E-state index in [2.05, 4.69) is 4.74 Å². The molecule has 3 aromatic rings. The van der Waals surface area contributed by atoms with Crippen molar-refractivity contribution in [2.24, 2.45) is 0 Å². The summed E-state index contributed by atoms with van der Waals surface area (Å²) in [4.78, 5) is 12.4. The third-order valence-electron chi connectivity index (χ3n) is 3.75. The lowest BCUT2D eigenvalue weighted by atomic mass is 10.1. The van der Waals surface area contributed by atoms with Crippen LogP contribution < -0.4 is 14.2 Å². The zero-order valence-corrected chi connectivity index (χ0v) is 15.5. The normalized spacial score (nSPS) is 10.5. The van der Waals surface area contributed by atoms with Crippen molar-refractivity contribution in [3.63, 3.8) is 0 Å². The number of carbonyl (C=O) groups excluding carboxylic acids is 1. The summed E-state index contributed by atoms with van der Waals surface area (Å²) >= 11 is 0. The Morgan fingerprint density at radius 2 is 1.45 bits per heavy atom. The van der Waals surface area contributed by atoms with Gasteiger partial charge < -0.3 is 14.2 Å². The van der Waals surface area contributed by atoms with Crippen molar-refractivity contribution in [1.82, 2.24) is 0 Å². The molecule has 3 aromatic carbocycles. The van der Waals surface area contributed by atoms with Crippen LogP contribution in [0, 0.1) is 22.7 Å². The van der Waals surface area contributed by atoms with Crippen LogP contribution >= 0.6 is 0 Å². The van der Waals surface area contributed by atoms with Crippen LogP contribution in [0.25, 0.3) is 0 Å². The number of alkyl halides is 3. The maximum Gasteiger partial charge on any atom is 0.573 e. The smallest absolute Gasteiger partial charge is 0.457 e. The molecule has 0 aliphatic carbocycles. The summed E-state index contributed by atoms with van der Waals surface area (Å²) in [5.41, 5.74) is 0.0299. The minimum atomic E-state index is -4.97. The molecular weight excluding hydrogens is 413 g/mol. The Morgan fingerprint density at radius 1 is 0.806 bits per heavy atom. The Kier molecular flexibility index (Phi) is 6.08. The molecule has 0 aliphatic rings. The van der Waals surface area contributed by atoms with Gasteiger partial charge in [0.25, 0.3) is 0 Å². The summed E-state index contributed by atoms with van der Waals surface area (Å²) in [6, 6.07) is 18.6. The standard InChI is InChI=1S/C22H11F3N2O4/c23-22(24,25)31-20-7-2-1-6-19(20)21(28)30-17-5-3-4-16(11-17)29-18-9-14(12-26)8-15(10-18)13-27/h1-11H. The van der Waals surface area contributed by atoms with Crippen LogP contribution in [0.3, 0.4) is 0 Å². The molecule has 0 saturated carbocycles. The van der Waals surface area contributed by atoms with Crippen molar-refractivity contribution in [1.29, 1.82) is 10.5 Å². The fourth-order valence-corrected chi connectivity index (χ4v) is 2.54. The highest BCUT2D eigenvalue weighted by Gasteiger charge is 2.33. The van der Waals surface area contributed by atoms with Gasteiger partial charge in [0.2, 0.25) is 0 Å². The Morgan fingerprint density at radius 3 is 2.10 bits per heavy atom. The zero-order valence-electron chi connectivity index (χ0n) is 15.5. The molecule has 0 N–H and O–H groups in total. The van der Waals surface area contributed by atoms with Crippen LogP contribution in [0.15, 0.2) is 66.7 Å². The van der Waals surface area contributed by atoms with Crippen molar-refractivity contribution >= 4 is 5.97 Å². The quantitative estimate of drug-likeness (QED) is 0.406. The van der Waals surface area contributed by atoms with Gasteiger partial charge in [-0.05, 0) is 42.5 Å². The average molecular weight is 424 g/mol. The molecule has 0 saturated heterocycles. The molecule has 0 aromatic heterocycles. The van der Waals surface area contributed by atoms with E-state index in [1.54, 1.807) is 0 Å². The van der Waals surface area contributed by atoms with Crippen LogP contribution in [0.4, 0.5) is 13.2 Å². The minimum Gasteiger partial charge on any atom is -0.457 e. The number of ether oxygens (including phenoxy) is 3. The topological polar surface area (TPSA) is 92.3 Å². The monoisotopic (exact) mass is 424 g/mol. The molecular formula is C22H11F3N2O4. The Hall–Kier alpha value is -4.50. The Balaban J connectivity index is 1.80. The van der Waals surface area contributed by atoms with Gasteiger partial charge in [0.1, 0.15) is 28.6 Å². The van der Waals surface area contributed by atoms with E-state index in [0.717, 1.165) is 12.1 Å². The number of para-hydroxylation sites is 1. The lowest BCUT2D eigenvalue weighted by Crippen LogP contribution is -2.20. The second-order valence-corrected chi connectivity index (χ2v) is 5.98. The van der Waals surface area contributed by atoms with E-state index in [1.807, 2.05) is 12.1 Å². The number of nitrogens with zero attached hydrogens (tertiary/aromatic N) is 2. The summed E-state index contributed by atoms with van der Waals surface area (Å²) < 4.78 is 52.3. The van der Waals surface area contributed by atoms with E-state index in [1.165, 1.54) is 54.6 Å². The first-order valence-corrected chi connectivity index (χ1v) is 8.57. The third-order valence-corrected chi connectivity index (χ3v) is 3.75. The SMILES string of the molecule is N#Cc1cc(C#N)cc(Oc2cccc(OC(=O)c3ccccc3OC(F)(F)F)c2)c1. The van der Waals surface area contributed by atoms with Gasteiger partial charge in [-0.3, -0.25) is 0 Å². The molecule has 0 amide bonds. The first-order valence-electron chi connectivity index (χ1n) is 8.57. The van der Waals surface area contributed by atoms with Crippen molar-refractivity contribution < 1.29 is 32.2 Å². The number of rotatable bonds is 5. The molecule has 0 heterocycles. The van der Waals surface area contributed by atoms with Gasteiger partial charge in [-0.2, -0.15) is 10.5 Å². The number of esters is 1. The van der Waals surface area contributed by atoms with E-state index in [4.69, 9.17) is 20.0 Å². The molecule has 0 atom stereocenters. The molecule has 6 nitrogen and oxygen atoms in total. The van der Waals surface area contributed by atoms with Crippen LogP contribution in [0.1, 0.15) is 21.5 Å². The number of benzene rings is 3. The predicted molar refractivity (Wildman–Crippen MR) is 100 cm³/mol. The molecule has 0 spiro atoms. The van der Waals surface area contributed by atoms with E-state index in [-0.39, 0.29) is 28.4 Å². The van der Waals surface area contributed by atoms with Gasteiger partial charge in [0.15, 0.2) is 0 Å². The molecule has 0 radical (unpaired) electrons. The average Bonchev–Trinajstić information content (AvgIpc) is 2.72. The lowest BCUT2D eigenvalue weighted by Gasteiger charge is -2.13. The van der Waals surface area contributed by atoms with E-state index in [9.17, 15) is 18.0 Å². The Labute approximate surface area is 174 Å². The first-order chi connectivity index (χ1) is 14.8. The van der Waals surface area contributed by atoms with E-state index < -0.39 is 23.6 Å². The van der Waals surface area contributed by atoms with Gasteiger partial charge >= 0.3 is 12.3 Å². The second kappa shape index (κ2) is 8.89. The summed E-state index contributed by atoms with van der Waals surface area (Å²) in [6.07, 6.45) is -4.97. The highest BCUT2D eigenvalue weighted by atomic mass is 19.4. The fourth-order valence-electron chi connectivity index (χ4n) is 2.54. The Bertz CT molecular complexity index is 1180. The maximum absolute atomic E-state index is 12.5. The molecule has 31 heavy (non-hydrogen) atoms. The van der Waals surface area contributed by atoms with Gasteiger partial charge in [-0.25, -0.2) is 4.79 Å². The van der Waals surface area contributed by atoms with Crippen molar-refractivity contribution in [2.45, 2.75) is 6.36 Å². The molecule has 154 valence electrons. The molecule has 0 bridgehead atoms. The van der Waals surface area contributed by atoms with Crippen LogP contribution in [-0.2, 0) is 0 Å². The summed E-state index contributed by atoms with van der Waals surface area (Å²) in [6.45, 7) is 0. The molecule has 0 aliphatic heterocycles. The van der Waals surface area contributed by atoms with Gasteiger partial charge in [0.05, 0.1) is 23.3 Å². The van der Waals surface area contributed by atoms with Crippen molar-refractivity contribution in [2.75, 3.05) is 0 Å².